The zero-order valence-corrected chi connectivity index (χ0v) is 12.3. The van der Waals surface area contributed by atoms with Crippen LogP contribution in [0.2, 0.25) is 0 Å². The Balaban J connectivity index is 4.79. The summed E-state index contributed by atoms with van der Waals surface area (Å²) in [6.45, 7) is 17.9. The van der Waals surface area contributed by atoms with E-state index in [1.165, 1.54) is 6.54 Å². The van der Waals surface area contributed by atoms with E-state index in [2.05, 4.69) is 67.5 Å². The van der Waals surface area contributed by atoms with Crippen LogP contribution < -0.4 is 0 Å². The molecule has 0 heterocycles. The molecule has 0 saturated heterocycles. The summed E-state index contributed by atoms with van der Waals surface area (Å²) in [7, 11) is 4.32. The minimum Gasteiger partial charge on any atom is -0.309 e. The molecule has 1 heteroatoms. The number of rotatable bonds is 5. The third-order valence-corrected chi connectivity index (χ3v) is 4.98. The minimum absolute atomic E-state index is 0.367. The Bertz CT molecular complexity index is 190. The molecule has 0 spiro atoms. The molecule has 1 nitrogen and oxygen atoms in total. The molecule has 15 heavy (non-hydrogen) atoms. The van der Waals surface area contributed by atoms with Gasteiger partial charge in [0.05, 0.1) is 0 Å². The summed E-state index contributed by atoms with van der Waals surface area (Å²) in [5.41, 5.74) is 0.744. The maximum Gasteiger partial charge on any atom is 0.000622 e. The van der Waals surface area contributed by atoms with Crippen molar-refractivity contribution in [1.82, 2.24) is 4.90 Å². The van der Waals surface area contributed by atoms with Crippen LogP contribution in [0.25, 0.3) is 0 Å². The number of nitrogens with zero attached hydrogens (tertiary/aromatic N) is 1. The van der Waals surface area contributed by atoms with E-state index in [0.29, 0.717) is 16.7 Å². The van der Waals surface area contributed by atoms with Gasteiger partial charge in [0.25, 0.3) is 0 Å². The average molecular weight is 213 g/mol. The van der Waals surface area contributed by atoms with E-state index >= 15 is 0 Å². The lowest BCUT2D eigenvalue weighted by molar-refractivity contribution is -0.00218. The Morgan fingerprint density at radius 1 is 0.867 bits per heavy atom. The first kappa shape index (κ1) is 15.0. The predicted molar refractivity (Wildman–Crippen MR) is 70.1 cm³/mol. The Hall–Kier alpha value is -0.0400. The van der Waals surface area contributed by atoms with Crippen LogP contribution in [0, 0.1) is 22.7 Å². The van der Waals surface area contributed by atoms with Gasteiger partial charge in [-0.2, -0.15) is 0 Å². The van der Waals surface area contributed by atoms with Gasteiger partial charge in [-0.1, -0.05) is 48.5 Å². The van der Waals surface area contributed by atoms with Crippen LogP contribution in [0.15, 0.2) is 0 Å². The molecule has 0 aromatic rings. The molecule has 0 fully saturated rings. The summed E-state index contributed by atoms with van der Waals surface area (Å²) in [4.78, 5) is 2.29. The van der Waals surface area contributed by atoms with Gasteiger partial charge in [-0.25, -0.2) is 0 Å². The zero-order valence-electron chi connectivity index (χ0n) is 12.3. The summed E-state index contributed by atoms with van der Waals surface area (Å²) < 4.78 is 0. The molecule has 92 valence electrons. The molecule has 0 aromatic carbocycles. The molecule has 0 radical (unpaired) electrons. The standard InChI is InChI=1S/C14H31N/c1-11(2)13(4,5)14(6,7)12(3)10-15(8)9/h11-12H,10H2,1-9H3/t12-/m1/s1. The Labute approximate surface area is 97.2 Å². The van der Waals surface area contributed by atoms with Crippen LogP contribution in [0.4, 0.5) is 0 Å². The predicted octanol–water partition coefficient (Wildman–Crippen LogP) is 3.89. The van der Waals surface area contributed by atoms with Gasteiger partial charge in [0, 0.05) is 6.54 Å². The smallest absolute Gasteiger partial charge is 0.000622 e. The van der Waals surface area contributed by atoms with E-state index in [-0.39, 0.29) is 0 Å². The Morgan fingerprint density at radius 2 is 1.27 bits per heavy atom. The first-order valence-corrected chi connectivity index (χ1v) is 6.18. The summed E-state index contributed by atoms with van der Waals surface area (Å²) in [6.07, 6.45) is 0. The van der Waals surface area contributed by atoms with Crippen LogP contribution in [-0.2, 0) is 0 Å². The maximum atomic E-state index is 2.42. The van der Waals surface area contributed by atoms with E-state index in [1.54, 1.807) is 0 Å². The van der Waals surface area contributed by atoms with Crippen molar-refractivity contribution in [3.05, 3.63) is 0 Å². The molecular weight excluding hydrogens is 182 g/mol. The molecule has 0 amide bonds. The van der Waals surface area contributed by atoms with Crippen molar-refractivity contribution in [3.63, 3.8) is 0 Å². The van der Waals surface area contributed by atoms with Crippen molar-refractivity contribution < 1.29 is 0 Å². The van der Waals surface area contributed by atoms with E-state index in [1.807, 2.05) is 0 Å². The Morgan fingerprint density at radius 3 is 1.53 bits per heavy atom. The fourth-order valence-electron chi connectivity index (χ4n) is 2.16. The van der Waals surface area contributed by atoms with E-state index in [0.717, 1.165) is 5.92 Å². The highest BCUT2D eigenvalue weighted by Crippen LogP contribution is 2.49. The number of hydrogen-bond donors (Lipinski definition) is 0. The van der Waals surface area contributed by atoms with Gasteiger partial charge in [-0.05, 0) is 36.8 Å². The van der Waals surface area contributed by atoms with Crippen LogP contribution in [0.5, 0.6) is 0 Å². The highest BCUT2D eigenvalue weighted by atomic mass is 15.1. The SMILES string of the molecule is CC(C)C(C)(C)C(C)(C)[C@H](C)CN(C)C. The Kier molecular flexibility index (Phi) is 4.85. The monoisotopic (exact) mass is 213 g/mol. The molecule has 0 bridgehead atoms. The van der Waals surface area contributed by atoms with Crippen LogP contribution in [0.3, 0.4) is 0 Å². The third-order valence-electron chi connectivity index (χ3n) is 4.98. The van der Waals surface area contributed by atoms with Crippen molar-refractivity contribution >= 4 is 0 Å². The van der Waals surface area contributed by atoms with E-state index < -0.39 is 0 Å². The average Bonchev–Trinajstić information content (AvgIpc) is 2.01. The zero-order chi connectivity index (χ0) is 12.4. The highest BCUT2D eigenvalue weighted by molar-refractivity contribution is 4.92. The van der Waals surface area contributed by atoms with Gasteiger partial charge in [0.2, 0.25) is 0 Å². The minimum atomic E-state index is 0.367. The third kappa shape index (κ3) is 3.21. The first-order chi connectivity index (χ1) is 6.53. The molecule has 0 unspecified atom stereocenters. The number of hydrogen-bond acceptors (Lipinski definition) is 1. The molecule has 1 atom stereocenters. The molecule has 0 aromatic heterocycles. The first-order valence-electron chi connectivity index (χ1n) is 6.18. The van der Waals surface area contributed by atoms with Gasteiger partial charge in [0.15, 0.2) is 0 Å². The lowest BCUT2D eigenvalue weighted by Crippen LogP contribution is -2.44. The second kappa shape index (κ2) is 4.86. The molecular formula is C14H31N. The molecule has 0 aliphatic carbocycles. The second-order valence-corrected chi connectivity index (χ2v) is 6.76. The topological polar surface area (TPSA) is 3.24 Å². The fourth-order valence-corrected chi connectivity index (χ4v) is 2.16. The van der Waals surface area contributed by atoms with Gasteiger partial charge in [-0.15, -0.1) is 0 Å². The second-order valence-electron chi connectivity index (χ2n) is 6.76. The molecule has 0 aliphatic rings. The lowest BCUT2D eigenvalue weighted by atomic mass is 9.57. The van der Waals surface area contributed by atoms with Gasteiger partial charge in [-0.3, -0.25) is 0 Å². The van der Waals surface area contributed by atoms with Crippen LogP contribution in [-0.4, -0.2) is 25.5 Å². The molecule has 0 N–H and O–H groups in total. The lowest BCUT2D eigenvalue weighted by Gasteiger charge is -2.49. The van der Waals surface area contributed by atoms with Crippen molar-refractivity contribution in [2.45, 2.75) is 48.5 Å². The van der Waals surface area contributed by atoms with E-state index in [4.69, 9.17) is 0 Å². The van der Waals surface area contributed by atoms with Gasteiger partial charge < -0.3 is 4.90 Å². The van der Waals surface area contributed by atoms with Gasteiger partial charge in [0.1, 0.15) is 0 Å². The van der Waals surface area contributed by atoms with Gasteiger partial charge >= 0.3 is 0 Å². The van der Waals surface area contributed by atoms with Crippen LogP contribution >= 0.6 is 0 Å². The van der Waals surface area contributed by atoms with Crippen molar-refractivity contribution in [3.8, 4) is 0 Å². The van der Waals surface area contributed by atoms with Crippen LogP contribution in [0.1, 0.15) is 48.5 Å². The maximum absolute atomic E-state index is 2.42. The molecule has 0 saturated carbocycles. The fraction of sp³-hybridized carbons (Fsp3) is 1.00. The molecule has 0 rings (SSSR count). The van der Waals surface area contributed by atoms with Crippen molar-refractivity contribution in [2.24, 2.45) is 22.7 Å². The summed E-state index contributed by atoms with van der Waals surface area (Å²) >= 11 is 0. The van der Waals surface area contributed by atoms with Crippen molar-refractivity contribution in [1.29, 1.82) is 0 Å². The summed E-state index contributed by atoms with van der Waals surface area (Å²) in [5, 5.41) is 0. The molecule has 0 aliphatic heterocycles. The summed E-state index contributed by atoms with van der Waals surface area (Å²) in [5.74, 6) is 1.43. The largest absolute Gasteiger partial charge is 0.309 e. The van der Waals surface area contributed by atoms with E-state index in [9.17, 15) is 0 Å². The normalized spacial score (nSPS) is 16.2. The summed E-state index contributed by atoms with van der Waals surface area (Å²) in [6, 6.07) is 0. The quantitative estimate of drug-likeness (QED) is 0.669. The van der Waals surface area contributed by atoms with Crippen molar-refractivity contribution in [2.75, 3.05) is 20.6 Å². The highest BCUT2D eigenvalue weighted by Gasteiger charge is 2.42.